The van der Waals surface area contributed by atoms with Crippen LogP contribution in [0.25, 0.3) is 0 Å². The molecule has 0 bridgehead atoms. The van der Waals surface area contributed by atoms with E-state index in [1.165, 1.54) is 0 Å². The lowest BCUT2D eigenvalue weighted by Crippen LogP contribution is -2.47. The monoisotopic (exact) mass is 170 g/mol. The molecule has 2 N–H and O–H groups in total. The summed E-state index contributed by atoms with van der Waals surface area (Å²) in [5, 5.41) is 6.88. The Morgan fingerprint density at radius 3 is 2.92 bits per heavy atom. The van der Waals surface area contributed by atoms with Crippen LogP contribution >= 0.6 is 0 Å². The molecule has 0 aromatic rings. The van der Waals surface area contributed by atoms with Crippen LogP contribution in [0.1, 0.15) is 20.3 Å². The first kappa shape index (κ1) is 8.48. The van der Waals surface area contributed by atoms with Crippen molar-refractivity contribution in [3.63, 3.8) is 0 Å². The lowest BCUT2D eigenvalue weighted by molar-refractivity contribution is 0.00445. The third-order valence-electron chi connectivity index (χ3n) is 2.72. The van der Waals surface area contributed by atoms with E-state index < -0.39 is 0 Å². The molecular weight excluding hydrogens is 152 g/mol. The SMILES string of the molecule is CC(C)C1NC2CNCCC2O1. The van der Waals surface area contributed by atoms with Crippen molar-refractivity contribution in [3.05, 3.63) is 0 Å². The van der Waals surface area contributed by atoms with Gasteiger partial charge in [-0.15, -0.1) is 0 Å². The van der Waals surface area contributed by atoms with Gasteiger partial charge in [0.25, 0.3) is 0 Å². The van der Waals surface area contributed by atoms with Gasteiger partial charge < -0.3 is 10.1 Å². The Bertz CT molecular complexity index is 147. The number of fused-ring (bicyclic) bond motifs is 1. The molecule has 0 aromatic carbocycles. The van der Waals surface area contributed by atoms with E-state index in [4.69, 9.17) is 4.74 Å². The molecule has 2 saturated heterocycles. The molecule has 0 amide bonds. The summed E-state index contributed by atoms with van der Waals surface area (Å²) in [7, 11) is 0. The average Bonchev–Trinajstić information content (AvgIpc) is 2.46. The first-order valence-electron chi connectivity index (χ1n) is 4.89. The van der Waals surface area contributed by atoms with E-state index in [1.54, 1.807) is 0 Å². The molecule has 0 radical (unpaired) electrons. The first-order valence-corrected chi connectivity index (χ1v) is 4.89. The molecule has 12 heavy (non-hydrogen) atoms. The standard InChI is InChI=1S/C9H18N2O/c1-6(2)9-11-7-5-10-4-3-8(7)12-9/h6-11H,3-5H2,1-2H3. The summed E-state index contributed by atoms with van der Waals surface area (Å²) < 4.78 is 5.88. The van der Waals surface area contributed by atoms with Crippen molar-refractivity contribution in [3.8, 4) is 0 Å². The summed E-state index contributed by atoms with van der Waals surface area (Å²) in [6, 6.07) is 0.547. The molecule has 0 aromatic heterocycles. The molecule has 0 spiro atoms. The van der Waals surface area contributed by atoms with Crippen LogP contribution in [0, 0.1) is 5.92 Å². The fourth-order valence-corrected chi connectivity index (χ4v) is 1.95. The highest BCUT2D eigenvalue weighted by atomic mass is 16.5. The molecule has 2 aliphatic heterocycles. The van der Waals surface area contributed by atoms with Gasteiger partial charge in [0.2, 0.25) is 0 Å². The fourth-order valence-electron chi connectivity index (χ4n) is 1.95. The molecule has 2 heterocycles. The third-order valence-corrected chi connectivity index (χ3v) is 2.72. The Balaban J connectivity index is 1.94. The minimum atomic E-state index is 0.278. The quantitative estimate of drug-likeness (QED) is 0.594. The Labute approximate surface area is 73.9 Å². The van der Waals surface area contributed by atoms with Gasteiger partial charge in [-0.2, -0.15) is 0 Å². The van der Waals surface area contributed by atoms with Crippen molar-refractivity contribution < 1.29 is 4.74 Å². The predicted octanol–water partition coefficient (Wildman–Crippen LogP) is 0.319. The Morgan fingerprint density at radius 1 is 1.42 bits per heavy atom. The van der Waals surface area contributed by atoms with Crippen molar-refractivity contribution >= 4 is 0 Å². The average molecular weight is 170 g/mol. The van der Waals surface area contributed by atoms with Crippen LogP contribution < -0.4 is 10.6 Å². The van der Waals surface area contributed by atoms with Crippen molar-refractivity contribution in [1.29, 1.82) is 0 Å². The minimum absolute atomic E-state index is 0.278. The maximum absolute atomic E-state index is 5.88. The zero-order valence-electron chi connectivity index (χ0n) is 7.84. The largest absolute Gasteiger partial charge is 0.358 e. The van der Waals surface area contributed by atoms with Gasteiger partial charge in [-0.25, -0.2) is 0 Å². The summed E-state index contributed by atoms with van der Waals surface area (Å²) >= 11 is 0. The maximum Gasteiger partial charge on any atom is 0.111 e. The van der Waals surface area contributed by atoms with Crippen LogP contribution in [0.5, 0.6) is 0 Å². The maximum atomic E-state index is 5.88. The Hall–Kier alpha value is -0.120. The number of rotatable bonds is 1. The van der Waals surface area contributed by atoms with Crippen LogP contribution in [0.4, 0.5) is 0 Å². The summed E-state index contributed by atoms with van der Waals surface area (Å²) in [5.41, 5.74) is 0. The minimum Gasteiger partial charge on any atom is -0.358 e. The van der Waals surface area contributed by atoms with E-state index in [0.717, 1.165) is 19.5 Å². The van der Waals surface area contributed by atoms with Crippen LogP contribution in [-0.4, -0.2) is 31.5 Å². The van der Waals surface area contributed by atoms with Gasteiger partial charge >= 0.3 is 0 Å². The molecule has 3 unspecified atom stereocenters. The van der Waals surface area contributed by atoms with Crippen molar-refractivity contribution in [1.82, 2.24) is 10.6 Å². The molecule has 3 atom stereocenters. The number of piperidine rings is 1. The van der Waals surface area contributed by atoms with E-state index in [2.05, 4.69) is 24.5 Å². The van der Waals surface area contributed by atoms with Crippen LogP contribution in [0.2, 0.25) is 0 Å². The van der Waals surface area contributed by atoms with Gasteiger partial charge in [0.1, 0.15) is 6.23 Å². The number of nitrogens with one attached hydrogen (secondary N) is 2. The van der Waals surface area contributed by atoms with Gasteiger partial charge in [0, 0.05) is 12.6 Å². The van der Waals surface area contributed by atoms with Gasteiger partial charge in [-0.1, -0.05) is 13.8 Å². The molecule has 0 saturated carbocycles. The second-order valence-corrected chi connectivity index (χ2v) is 4.11. The second kappa shape index (κ2) is 3.32. The van der Waals surface area contributed by atoms with Crippen molar-refractivity contribution in [2.45, 2.75) is 38.6 Å². The van der Waals surface area contributed by atoms with Gasteiger partial charge in [0.15, 0.2) is 0 Å². The first-order chi connectivity index (χ1) is 5.77. The molecule has 2 fully saturated rings. The van der Waals surface area contributed by atoms with E-state index in [-0.39, 0.29) is 6.23 Å². The van der Waals surface area contributed by atoms with Gasteiger partial charge in [-0.05, 0) is 18.9 Å². The Morgan fingerprint density at radius 2 is 2.25 bits per heavy atom. The topological polar surface area (TPSA) is 33.3 Å². The summed E-state index contributed by atoms with van der Waals surface area (Å²) in [6.07, 6.45) is 1.89. The lowest BCUT2D eigenvalue weighted by Gasteiger charge is -2.23. The lowest BCUT2D eigenvalue weighted by atomic mass is 10.1. The highest BCUT2D eigenvalue weighted by Crippen LogP contribution is 2.21. The van der Waals surface area contributed by atoms with Gasteiger partial charge in [0.05, 0.1) is 6.10 Å². The summed E-state index contributed by atoms with van der Waals surface area (Å²) in [4.78, 5) is 0. The highest BCUT2D eigenvalue weighted by Gasteiger charge is 2.36. The molecule has 3 nitrogen and oxygen atoms in total. The predicted molar refractivity (Wildman–Crippen MR) is 47.9 cm³/mol. The van der Waals surface area contributed by atoms with Crippen molar-refractivity contribution in [2.75, 3.05) is 13.1 Å². The van der Waals surface area contributed by atoms with Crippen molar-refractivity contribution in [2.24, 2.45) is 5.92 Å². The molecular formula is C9H18N2O. The summed E-state index contributed by atoms with van der Waals surface area (Å²) in [5.74, 6) is 0.579. The van der Waals surface area contributed by atoms with E-state index in [9.17, 15) is 0 Å². The zero-order chi connectivity index (χ0) is 8.55. The summed E-state index contributed by atoms with van der Waals surface area (Å²) in [6.45, 7) is 6.56. The number of ether oxygens (including phenoxy) is 1. The fraction of sp³-hybridized carbons (Fsp3) is 1.00. The van der Waals surface area contributed by atoms with E-state index >= 15 is 0 Å². The van der Waals surface area contributed by atoms with Crippen LogP contribution in [-0.2, 0) is 4.74 Å². The molecule has 3 heteroatoms. The molecule has 2 aliphatic rings. The van der Waals surface area contributed by atoms with Gasteiger partial charge in [-0.3, -0.25) is 5.32 Å². The Kier molecular flexibility index (Phi) is 2.35. The van der Waals surface area contributed by atoms with Crippen LogP contribution in [0.3, 0.4) is 0 Å². The zero-order valence-corrected chi connectivity index (χ0v) is 7.84. The molecule has 2 rings (SSSR count). The van der Waals surface area contributed by atoms with Crippen LogP contribution in [0.15, 0.2) is 0 Å². The smallest absolute Gasteiger partial charge is 0.111 e. The van der Waals surface area contributed by atoms with E-state index in [1.807, 2.05) is 0 Å². The highest BCUT2D eigenvalue weighted by molar-refractivity contribution is 4.91. The second-order valence-electron chi connectivity index (χ2n) is 4.11. The normalized spacial score (nSPS) is 41.8. The number of hydrogen-bond donors (Lipinski definition) is 2. The molecule has 70 valence electrons. The molecule has 0 aliphatic carbocycles. The number of hydrogen-bond acceptors (Lipinski definition) is 3. The van der Waals surface area contributed by atoms with E-state index in [0.29, 0.717) is 18.1 Å². The third kappa shape index (κ3) is 1.49.